The second-order valence-corrected chi connectivity index (χ2v) is 17.7. The predicted octanol–water partition coefficient (Wildman–Crippen LogP) is 7.92. The van der Waals surface area contributed by atoms with Gasteiger partial charge in [0.2, 0.25) is 11.8 Å². The van der Waals surface area contributed by atoms with E-state index in [1.54, 1.807) is 11.3 Å². The topological polar surface area (TPSA) is 175 Å². The fourth-order valence-electron chi connectivity index (χ4n) is 8.24. The molecular weight excluding hydrogens is 769 g/mol. The Labute approximate surface area is 348 Å². The Bertz CT molecular complexity index is 2330. The van der Waals surface area contributed by atoms with Crippen LogP contribution in [0.1, 0.15) is 89.2 Å². The van der Waals surface area contributed by atoms with Gasteiger partial charge in [-0.05, 0) is 71.4 Å². The second-order valence-electron chi connectivity index (χ2n) is 16.7. The Morgan fingerprint density at radius 2 is 1.24 bits per heavy atom. The molecule has 14 nitrogen and oxygen atoms in total. The van der Waals surface area contributed by atoms with E-state index in [1.165, 1.54) is 14.2 Å². The first-order valence-corrected chi connectivity index (χ1v) is 21.1. The first-order valence-electron chi connectivity index (χ1n) is 20.3. The molecule has 59 heavy (non-hydrogen) atoms. The third kappa shape index (κ3) is 8.85. The van der Waals surface area contributed by atoms with Crippen LogP contribution in [-0.4, -0.2) is 93.1 Å². The van der Waals surface area contributed by atoms with Crippen LogP contribution < -0.4 is 10.6 Å². The lowest BCUT2D eigenvalue weighted by molar-refractivity contribution is -0.136. The van der Waals surface area contributed by atoms with Crippen LogP contribution in [0.3, 0.4) is 0 Å². The van der Waals surface area contributed by atoms with Gasteiger partial charge in [0.25, 0.3) is 0 Å². The van der Waals surface area contributed by atoms with Crippen molar-refractivity contribution in [3.8, 4) is 10.4 Å². The standard InChI is InChI=1S/C44H54N8O6S/c1-23(2)36(48-43(55)57-7)41(53)51-21-25(5)17-33(51)38-45-30-16-13-28(19-31(30)46-38)10-9-27-11-14-29(15-12-27)35-20-32-40(59-35)50-39(47-32)34-18-26(6)22-52(34)42(54)37(24(3)4)49-44(56)58-8/h9-16,19-20,23-26,33-34,36-37H,17-18,21-22H2,1-8H3,(H,45,46)(H,47,50)(H,48,55)(H,49,56)/b10-9+/t25-,26-,33-,34-,36-,37-/m0/s1. The number of methoxy groups -OCH3 is 2. The number of nitrogens with one attached hydrogen (secondary N) is 4. The minimum atomic E-state index is -0.698. The molecule has 0 saturated carbocycles. The lowest BCUT2D eigenvalue weighted by Crippen LogP contribution is -2.51. The van der Waals surface area contributed by atoms with Gasteiger partial charge >= 0.3 is 12.2 Å². The molecule has 7 rings (SSSR count). The van der Waals surface area contributed by atoms with E-state index in [2.05, 4.69) is 76.9 Å². The molecule has 2 aliphatic heterocycles. The normalized spacial score (nSPS) is 20.6. The van der Waals surface area contributed by atoms with Crippen molar-refractivity contribution in [2.75, 3.05) is 27.3 Å². The number of aromatic amines is 2. The molecule has 2 aromatic carbocycles. The Morgan fingerprint density at radius 1 is 0.729 bits per heavy atom. The van der Waals surface area contributed by atoms with E-state index < -0.39 is 24.3 Å². The minimum Gasteiger partial charge on any atom is -0.453 e. The van der Waals surface area contributed by atoms with Crippen molar-refractivity contribution in [2.24, 2.45) is 23.7 Å². The summed E-state index contributed by atoms with van der Waals surface area (Å²) in [4.78, 5) is 74.0. The van der Waals surface area contributed by atoms with Crippen molar-refractivity contribution in [3.63, 3.8) is 0 Å². The van der Waals surface area contributed by atoms with Gasteiger partial charge in [-0.1, -0.05) is 84.0 Å². The van der Waals surface area contributed by atoms with Gasteiger partial charge in [0.15, 0.2) is 0 Å². The highest BCUT2D eigenvalue weighted by Gasteiger charge is 2.41. The summed E-state index contributed by atoms with van der Waals surface area (Å²) in [7, 11) is 2.59. The fourth-order valence-corrected chi connectivity index (χ4v) is 9.24. The maximum absolute atomic E-state index is 13.7. The highest BCUT2D eigenvalue weighted by molar-refractivity contribution is 7.21. The van der Waals surface area contributed by atoms with Crippen LogP contribution in [0.4, 0.5) is 9.59 Å². The third-order valence-corrected chi connectivity index (χ3v) is 12.5. The lowest BCUT2D eigenvalue weighted by atomic mass is 10.0. The number of amides is 4. The molecule has 312 valence electrons. The zero-order valence-corrected chi connectivity index (χ0v) is 35.7. The molecule has 5 aromatic rings. The van der Waals surface area contributed by atoms with E-state index in [9.17, 15) is 19.2 Å². The van der Waals surface area contributed by atoms with Gasteiger partial charge in [0.05, 0.1) is 42.9 Å². The fraction of sp³-hybridized carbons (Fsp3) is 0.455. The van der Waals surface area contributed by atoms with Crippen molar-refractivity contribution >= 4 is 68.9 Å². The largest absolute Gasteiger partial charge is 0.453 e. The summed E-state index contributed by atoms with van der Waals surface area (Å²) in [6, 6.07) is 14.8. The molecule has 0 spiro atoms. The summed E-state index contributed by atoms with van der Waals surface area (Å²) in [5.74, 6) is 1.59. The number of rotatable bonds is 11. The van der Waals surface area contributed by atoms with E-state index in [1.807, 2.05) is 55.7 Å². The number of benzene rings is 2. The lowest BCUT2D eigenvalue weighted by Gasteiger charge is -2.30. The van der Waals surface area contributed by atoms with Crippen LogP contribution in [0.5, 0.6) is 0 Å². The van der Waals surface area contributed by atoms with Gasteiger partial charge < -0.3 is 39.9 Å². The van der Waals surface area contributed by atoms with Crippen molar-refractivity contribution in [1.82, 2.24) is 40.4 Å². The van der Waals surface area contributed by atoms with E-state index in [-0.39, 0.29) is 41.7 Å². The molecule has 0 bridgehead atoms. The Balaban J connectivity index is 1.02. The first-order chi connectivity index (χ1) is 28.2. The highest BCUT2D eigenvalue weighted by atomic mass is 32.1. The molecule has 4 N–H and O–H groups in total. The van der Waals surface area contributed by atoms with Crippen molar-refractivity contribution in [2.45, 2.75) is 78.6 Å². The summed E-state index contributed by atoms with van der Waals surface area (Å²) in [6.07, 6.45) is 4.45. The number of hydrogen-bond donors (Lipinski definition) is 4. The van der Waals surface area contributed by atoms with Gasteiger partial charge in [-0.2, -0.15) is 0 Å². The molecule has 15 heteroatoms. The molecule has 2 aliphatic rings. The van der Waals surface area contributed by atoms with Crippen molar-refractivity contribution < 1.29 is 28.7 Å². The van der Waals surface area contributed by atoms with Gasteiger partial charge in [-0.3, -0.25) is 9.59 Å². The molecule has 0 radical (unpaired) electrons. The van der Waals surface area contributed by atoms with Crippen LogP contribution in [0.25, 0.3) is 44.0 Å². The van der Waals surface area contributed by atoms with E-state index in [0.29, 0.717) is 19.0 Å². The van der Waals surface area contributed by atoms with Crippen LogP contribution in [0, 0.1) is 23.7 Å². The number of likely N-dealkylation sites (tertiary alicyclic amines) is 2. The number of H-pyrrole nitrogens is 2. The number of nitrogens with zero attached hydrogens (tertiary/aromatic N) is 4. The monoisotopic (exact) mass is 822 g/mol. The molecule has 2 fully saturated rings. The summed E-state index contributed by atoms with van der Waals surface area (Å²) in [6.45, 7) is 13.1. The second kappa shape index (κ2) is 17.3. The van der Waals surface area contributed by atoms with Crippen LogP contribution in [0.2, 0.25) is 0 Å². The molecule has 0 unspecified atom stereocenters. The summed E-state index contributed by atoms with van der Waals surface area (Å²) in [5, 5.41) is 5.44. The molecule has 6 atom stereocenters. The zero-order valence-electron chi connectivity index (χ0n) is 34.9. The van der Waals surface area contributed by atoms with Crippen LogP contribution >= 0.6 is 11.3 Å². The maximum atomic E-state index is 13.7. The molecule has 4 amide bonds. The number of carbonyl (C=O) groups excluding carboxylic acids is 4. The number of thiophene rings is 1. The van der Waals surface area contributed by atoms with Gasteiger partial charge in [-0.25, -0.2) is 19.6 Å². The number of imidazole rings is 2. The quantitative estimate of drug-likeness (QED) is 0.0973. The van der Waals surface area contributed by atoms with E-state index >= 15 is 0 Å². The molecule has 2 saturated heterocycles. The van der Waals surface area contributed by atoms with Crippen LogP contribution in [0.15, 0.2) is 48.5 Å². The number of alkyl carbamates (subject to hydrolysis) is 2. The number of ether oxygens (including phenoxy) is 2. The first kappa shape index (κ1) is 41.5. The summed E-state index contributed by atoms with van der Waals surface area (Å²) >= 11 is 1.61. The number of fused-ring (bicyclic) bond motifs is 2. The molecular formula is C44H54N8O6S. The predicted molar refractivity (Wildman–Crippen MR) is 229 cm³/mol. The molecule has 0 aliphatic carbocycles. The highest BCUT2D eigenvalue weighted by Crippen LogP contribution is 2.39. The van der Waals surface area contributed by atoms with Crippen molar-refractivity contribution in [1.29, 1.82) is 0 Å². The smallest absolute Gasteiger partial charge is 0.407 e. The van der Waals surface area contributed by atoms with E-state index in [4.69, 9.17) is 19.4 Å². The van der Waals surface area contributed by atoms with Gasteiger partial charge in [0, 0.05) is 18.0 Å². The Kier molecular flexibility index (Phi) is 12.1. The number of carbonyl (C=O) groups is 4. The Morgan fingerprint density at radius 3 is 1.76 bits per heavy atom. The van der Waals surface area contributed by atoms with Crippen molar-refractivity contribution in [3.05, 3.63) is 71.3 Å². The summed E-state index contributed by atoms with van der Waals surface area (Å²) < 4.78 is 9.57. The minimum absolute atomic E-state index is 0.106. The molecule has 3 aromatic heterocycles. The average Bonchev–Trinajstić information content (AvgIpc) is 4.05. The van der Waals surface area contributed by atoms with Gasteiger partial charge in [-0.15, -0.1) is 11.3 Å². The van der Waals surface area contributed by atoms with E-state index in [0.717, 1.165) is 67.4 Å². The van der Waals surface area contributed by atoms with Crippen LogP contribution in [-0.2, 0) is 19.1 Å². The Hall–Kier alpha value is -5.70. The third-order valence-electron chi connectivity index (χ3n) is 11.4. The van der Waals surface area contributed by atoms with Gasteiger partial charge in [0.1, 0.15) is 28.6 Å². The SMILES string of the molecule is COC(=O)N[C@H](C(=O)N1C[C@@H](C)C[C@H]1c1nc2cc(/C=C/c3ccc(-c4cc5[nH]c([C@@H]6C[C@H](C)CN6C(=O)[C@@H](NC(=O)OC)C(C)C)nc5s4)cc3)ccc2[nH]1)C(C)C. The zero-order chi connectivity index (χ0) is 42.1. The maximum Gasteiger partial charge on any atom is 0.407 e. The number of aromatic nitrogens is 4. The summed E-state index contributed by atoms with van der Waals surface area (Å²) in [5.41, 5.74) is 5.78. The average molecular weight is 823 g/mol. The molecule has 5 heterocycles. The number of hydrogen-bond acceptors (Lipinski definition) is 9.